The molecule has 6 nitrogen and oxygen atoms in total. The number of hydrogen-bond acceptors (Lipinski definition) is 4. The molecule has 146 valence electrons. The fraction of sp³-hybridized carbons (Fsp3) is 0.650. The van der Waals surface area contributed by atoms with Crippen LogP contribution in [0.15, 0.2) is 29.3 Å². The Labute approximate surface area is 158 Å². The van der Waals surface area contributed by atoms with Gasteiger partial charge in [-0.15, -0.1) is 0 Å². The van der Waals surface area contributed by atoms with Gasteiger partial charge >= 0.3 is 0 Å². The highest BCUT2D eigenvalue weighted by molar-refractivity contribution is 5.79. The smallest absolute Gasteiger partial charge is 0.191 e. The Morgan fingerprint density at radius 2 is 1.85 bits per heavy atom. The van der Waals surface area contributed by atoms with Crippen LogP contribution in [0.25, 0.3) is 0 Å². The van der Waals surface area contributed by atoms with E-state index in [1.165, 1.54) is 5.56 Å². The second-order valence-electron chi connectivity index (χ2n) is 6.98. The Kier molecular flexibility index (Phi) is 9.28. The summed E-state index contributed by atoms with van der Waals surface area (Å²) < 4.78 is 11.1. The van der Waals surface area contributed by atoms with Gasteiger partial charge in [-0.1, -0.05) is 26.0 Å². The van der Waals surface area contributed by atoms with Crippen molar-refractivity contribution in [2.45, 2.75) is 20.3 Å². The van der Waals surface area contributed by atoms with Gasteiger partial charge in [0, 0.05) is 39.8 Å². The molecule has 1 aromatic carbocycles. The fourth-order valence-corrected chi connectivity index (χ4v) is 2.72. The first-order valence-electron chi connectivity index (χ1n) is 9.63. The van der Waals surface area contributed by atoms with E-state index in [-0.39, 0.29) is 0 Å². The molecular weight excluding hydrogens is 328 g/mol. The van der Waals surface area contributed by atoms with E-state index >= 15 is 0 Å². The van der Waals surface area contributed by atoms with Crippen LogP contribution in [-0.4, -0.2) is 70.5 Å². The van der Waals surface area contributed by atoms with Crippen molar-refractivity contribution in [3.05, 3.63) is 29.8 Å². The van der Waals surface area contributed by atoms with Crippen molar-refractivity contribution in [3.63, 3.8) is 0 Å². The van der Waals surface area contributed by atoms with Crippen molar-refractivity contribution in [2.75, 3.05) is 59.6 Å². The molecule has 0 spiro atoms. The average Bonchev–Trinajstić information content (AvgIpc) is 2.67. The van der Waals surface area contributed by atoms with Crippen molar-refractivity contribution in [1.29, 1.82) is 0 Å². The van der Waals surface area contributed by atoms with E-state index in [0.29, 0.717) is 5.92 Å². The summed E-state index contributed by atoms with van der Waals surface area (Å²) in [5.41, 5.74) is 1.29. The lowest BCUT2D eigenvalue weighted by molar-refractivity contribution is 0.0389. The summed E-state index contributed by atoms with van der Waals surface area (Å²) >= 11 is 0. The summed E-state index contributed by atoms with van der Waals surface area (Å²) in [6.07, 6.45) is 0.953. The highest BCUT2D eigenvalue weighted by atomic mass is 16.5. The van der Waals surface area contributed by atoms with Crippen molar-refractivity contribution < 1.29 is 9.47 Å². The van der Waals surface area contributed by atoms with E-state index in [1.807, 2.05) is 19.2 Å². The zero-order valence-electron chi connectivity index (χ0n) is 16.5. The minimum Gasteiger partial charge on any atom is -0.493 e. The summed E-state index contributed by atoms with van der Waals surface area (Å²) in [5.74, 6) is 2.34. The maximum Gasteiger partial charge on any atom is 0.191 e. The molecule has 1 heterocycles. The van der Waals surface area contributed by atoms with Crippen LogP contribution in [0.3, 0.4) is 0 Å². The van der Waals surface area contributed by atoms with E-state index in [9.17, 15) is 0 Å². The standard InChI is InChI=1S/C20H34N4O2/c1-17(2)16-26-19-6-4-18(5-7-19)8-9-22-20(21-3)23-10-11-24-12-14-25-15-13-24/h4-7,17H,8-16H2,1-3H3,(H2,21,22,23). The van der Waals surface area contributed by atoms with Crippen molar-refractivity contribution in [2.24, 2.45) is 10.9 Å². The maximum atomic E-state index is 5.72. The van der Waals surface area contributed by atoms with Gasteiger partial charge in [-0.3, -0.25) is 9.89 Å². The van der Waals surface area contributed by atoms with Gasteiger partial charge in [0.25, 0.3) is 0 Å². The monoisotopic (exact) mass is 362 g/mol. The summed E-state index contributed by atoms with van der Waals surface area (Å²) in [6, 6.07) is 8.36. The maximum absolute atomic E-state index is 5.72. The number of nitrogens with zero attached hydrogens (tertiary/aromatic N) is 2. The molecule has 0 bridgehead atoms. The second-order valence-corrected chi connectivity index (χ2v) is 6.98. The number of morpholine rings is 1. The highest BCUT2D eigenvalue weighted by Gasteiger charge is 2.09. The lowest BCUT2D eigenvalue weighted by atomic mass is 10.1. The number of benzene rings is 1. The molecule has 0 atom stereocenters. The lowest BCUT2D eigenvalue weighted by Gasteiger charge is -2.26. The topological polar surface area (TPSA) is 58.1 Å². The predicted molar refractivity (Wildman–Crippen MR) is 107 cm³/mol. The first kappa shape index (κ1) is 20.5. The number of hydrogen-bond donors (Lipinski definition) is 2. The Morgan fingerprint density at radius 1 is 1.15 bits per heavy atom. The molecule has 0 unspecified atom stereocenters. The zero-order valence-corrected chi connectivity index (χ0v) is 16.5. The molecule has 0 radical (unpaired) electrons. The SMILES string of the molecule is CN=C(NCCc1ccc(OCC(C)C)cc1)NCCN1CCOCC1. The van der Waals surface area contributed by atoms with Gasteiger partial charge in [0.2, 0.25) is 0 Å². The van der Waals surface area contributed by atoms with Crippen molar-refractivity contribution >= 4 is 5.96 Å². The molecule has 1 fully saturated rings. The minimum atomic E-state index is 0.543. The van der Waals surface area contributed by atoms with Crippen LogP contribution in [0, 0.1) is 5.92 Å². The largest absolute Gasteiger partial charge is 0.493 e. The van der Waals surface area contributed by atoms with Gasteiger partial charge in [0.05, 0.1) is 19.8 Å². The molecule has 2 N–H and O–H groups in total. The molecule has 1 saturated heterocycles. The Morgan fingerprint density at radius 3 is 2.50 bits per heavy atom. The van der Waals surface area contributed by atoms with E-state index in [4.69, 9.17) is 9.47 Å². The summed E-state index contributed by atoms with van der Waals surface area (Å²) in [6.45, 7) is 11.5. The van der Waals surface area contributed by atoms with Gasteiger partial charge in [-0.2, -0.15) is 0 Å². The highest BCUT2D eigenvalue weighted by Crippen LogP contribution is 2.13. The number of aliphatic imine (C=N–C) groups is 1. The van der Waals surface area contributed by atoms with E-state index in [1.54, 1.807) is 0 Å². The number of ether oxygens (including phenoxy) is 2. The second kappa shape index (κ2) is 11.8. The van der Waals surface area contributed by atoms with Crippen LogP contribution in [-0.2, 0) is 11.2 Å². The molecule has 0 aliphatic carbocycles. The summed E-state index contributed by atoms with van der Waals surface area (Å²) in [5, 5.41) is 6.75. The predicted octanol–water partition coefficient (Wildman–Crippen LogP) is 1.76. The first-order valence-corrected chi connectivity index (χ1v) is 9.63. The molecule has 0 saturated carbocycles. The normalized spacial score (nSPS) is 15.9. The van der Waals surface area contributed by atoms with Gasteiger partial charge < -0.3 is 20.1 Å². The van der Waals surface area contributed by atoms with E-state index < -0.39 is 0 Å². The molecule has 0 aromatic heterocycles. The van der Waals surface area contributed by atoms with Gasteiger partial charge in [0.15, 0.2) is 5.96 Å². The van der Waals surface area contributed by atoms with Crippen LogP contribution in [0.2, 0.25) is 0 Å². The summed E-state index contributed by atoms with van der Waals surface area (Å²) in [7, 11) is 1.81. The minimum absolute atomic E-state index is 0.543. The quantitative estimate of drug-likeness (QED) is 0.518. The molecule has 0 amide bonds. The van der Waals surface area contributed by atoms with Crippen LogP contribution in [0.4, 0.5) is 0 Å². The van der Waals surface area contributed by atoms with Gasteiger partial charge in [-0.25, -0.2) is 0 Å². The van der Waals surface area contributed by atoms with E-state index in [0.717, 1.165) is 70.7 Å². The molecule has 2 rings (SSSR count). The van der Waals surface area contributed by atoms with Crippen molar-refractivity contribution in [3.8, 4) is 5.75 Å². The molecule has 26 heavy (non-hydrogen) atoms. The fourth-order valence-electron chi connectivity index (χ4n) is 2.72. The molecule has 6 heteroatoms. The lowest BCUT2D eigenvalue weighted by Crippen LogP contribution is -2.44. The zero-order chi connectivity index (χ0) is 18.6. The molecule has 1 aliphatic rings. The third kappa shape index (κ3) is 8.06. The van der Waals surface area contributed by atoms with Crippen LogP contribution < -0.4 is 15.4 Å². The Hall–Kier alpha value is -1.79. The summed E-state index contributed by atoms with van der Waals surface area (Å²) in [4.78, 5) is 6.70. The van der Waals surface area contributed by atoms with Crippen molar-refractivity contribution in [1.82, 2.24) is 15.5 Å². The first-order chi connectivity index (χ1) is 12.7. The Balaban J connectivity index is 1.62. The number of guanidine groups is 1. The van der Waals surface area contributed by atoms with Crippen LogP contribution >= 0.6 is 0 Å². The van der Waals surface area contributed by atoms with E-state index in [2.05, 4.69) is 46.5 Å². The Bertz CT molecular complexity index is 525. The molecule has 1 aliphatic heterocycles. The molecule has 1 aromatic rings. The third-order valence-corrected chi connectivity index (χ3v) is 4.26. The van der Waals surface area contributed by atoms with Gasteiger partial charge in [0.1, 0.15) is 5.75 Å². The third-order valence-electron chi connectivity index (χ3n) is 4.26. The molecular formula is C20H34N4O2. The number of nitrogens with one attached hydrogen (secondary N) is 2. The average molecular weight is 363 g/mol. The number of rotatable bonds is 9. The van der Waals surface area contributed by atoms with Crippen LogP contribution in [0.5, 0.6) is 5.75 Å². The van der Waals surface area contributed by atoms with Crippen LogP contribution in [0.1, 0.15) is 19.4 Å². The van der Waals surface area contributed by atoms with Gasteiger partial charge in [-0.05, 0) is 30.0 Å².